The average molecular weight is 576 g/mol. The van der Waals surface area contributed by atoms with Crippen LogP contribution in [0.5, 0.6) is 23.0 Å². The SMILES string of the molecule is C=CCOc1ccc(C2c3c(oc4cc(C)c(Cl)cc4c3=O)C(=O)N2CCc2ccc(OC)c(OC)c2)cc1OC. The van der Waals surface area contributed by atoms with Gasteiger partial charge in [-0.05, 0) is 66.4 Å². The minimum absolute atomic E-state index is 0.0208. The summed E-state index contributed by atoms with van der Waals surface area (Å²) in [7, 11) is 4.69. The fourth-order valence-electron chi connectivity index (χ4n) is 5.13. The zero-order valence-electron chi connectivity index (χ0n) is 23.3. The van der Waals surface area contributed by atoms with E-state index in [-0.39, 0.29) is 22.7 Å². The van der Waals surface area contributed by atoms with Crippen LogP contribution in [0.1, 0.15) is 38.9 Å². The molecule has 4 aromatic rings. The molecule has 1 aliphatic rings. The number of benzene rings is 3. The molecule has 1 unspecified atom stereocenters. The first-order valence-corrected chi connectivity index (χ1v) is 13.4. The van der Waals surface area contributed by atoms with Crippen LogP contribution in [-0.2, 0) is 6.42 Å². The molecule has 0 radical (unpaired) electrons. The molecule has 2 heterocycles. The number of carbonyl (C=O) groups is 1. The lowest BCUT2D eigenvalue weighted by Gasteiger charge is -2.26. The molecule has 1 amide bonds. The summed E-state index contributed by atoms with van der Waals surface area (Å²) in [6.07, 6.45) is 2.13. The molecule has 0 saturated carbocycles. The summed E-state index contributed by atoms with van der Waals surface area (Å²) in [4.78, 5) is 29.5. The van der Waals surface area contributed by atoms with Crippen LogP contribution in [0, 0.1) is 6.92 Å². The molecule has 1 atom stereocenters. The smallest absolute Gasteiger partial charge is 0.290 e. The normalized spacial score (nSPS) is 14.2. The Morgan fingerprint density at radius 2 is 1.66 bits per heavy atom. The highest BCUT2D eigenvalue weighted by atomic mass is 35.5. The molecule has 0 bridgehead atoms. The standard InChI is InChI=1S/C32H30ClNO7/c1-6-13-40-24-10-8-20(16-27(24)39-5)29-28-30(35)21-17-22(33)18(2)14-25(21)41-31(28)32(36)34(29)12-11-19-7-9-23(37-3)26(15-19)38-4/h6-10,14-17,29H,1,11-13H2,2-5H3. The average Bonchev–Trinajstić information content (AvgIpc) is 3.26. The van der Waals surface area contributed by atoms with Gasteiger partial charge in [-0.1, -0.05) is 36.4 Å². The van der Waals surface area contributed by atoms with Crippen LogP contribution < -0.4 is 24.4 Å². The van der Waals surface area contributed by atoms with Crippen molar-refractivity contribution in [3.8, 4) is 23.0 Å². The molecule has 1 aliphatic heterocycles. The molecule has 0 fully saturated rings. The zero-order chi connectivity index (χ0) is 29.3. The van der Waals surface area contributed by atoms with Crippen LogP contribution in [0.25, 0.3) is 11.0 Å². The van der Waals surface area contributed by atoms with Crippen molar-refractivity contribution < 1.29 is 28.2 Å². The Morgan fingerprint density at radius 1 is 0.951 bits per heavy atom. The van der Waals surface area contributed by atoms with Gasteiger partial charge in [0.25, 0.3) is 5.91 Å². The molecule has 41 heavy (non-hydrogen) atoms. The Bertz CT molecular complexity index is 1710. The Balaban J connectivity index is 1.62. The number of halogens is 1. The van der Waals surface area contributed by atoms with Gasteiger partial charge in [0.15, 0.2) is 28.4 Å². The number of rotatable bonds is 10. The van der Waals surface area contributed by atoms with Gasteiger partial charge in [0.05, 0.1) is 38.3 Å². The summed E-state index contributed by atoms with van der Waals surface area (Å²) >= 11 is 6.37. The molecular weight excluding hydrogens is 546 g/mol. The van der Waals surface area contributed by atoms with E-state index in [0.717, 1.165) is 11.1 Å². The van der Waals surface area contributed by atoms with Crippen molar-refractivity contribution in [3.05, 3.63) is 104 Å². The maximum absolute atomic E-state index is 14.0. The van der Waals surface area contributed by atoms with Crippen LogP contribution in [0.3, 0.4) is 0 Å². The van der Waals surface area contributed by atoms with Gasteiger partial charge in [0, 0.05) is 11.6 Å². The maximum atomic E-state index is 14.0. The number of hydrogen-bond acceptors (Lipinski definition) is 7. The third-order valence-corrected chi connectivity index (χ3v) is 7.60. The number of hydrogen-bond donors (Lipinski definition) is 0. The summed E-state index contributed by atoms with van der Waals surface area (Å²) in [5.41, 5.74) is 2.63. The van der Waals surface area contributed by atoms with Crippen LogP contribution in [0.2, 0.25) is 5.02 Å². The second-order valence-corrected chi connectivity index (χ2v) is 10.0. The molecule has 0 aliphatic carbocycles. The van der Waals surface area contributed by atoms with Crippen molar-refractivity contribution in [2.45, 2.75) is 19.4 Å². The van der Waals surface area contributed by atoms with Gasteiger partial charge in [0.2, 0.25) is 5.76 Å². The van der Waals surface area contributed by atoms with E-state index in [1.807, 2.05) is 31.2 Å². The fourth-order valence-corrected chi connectivity index (χ4v) is 5.29. The summed E-state index contributed by atoms with van der Waals surface area (Å²) in [5, 5.41) is 0.762. The molecule has 0 saturated heterocycles. The Hall–Kier alpha value is -4.43. The van der Waals surface area contributed by atoms with Crippen LogP contribution in [-0.4, -0.2) is 45.3 Å². The molecule has 0 spiro atoms. The van der Waals surface area contributed by atoms with Crippen molar-refractivity contribution in [1.29, 1.82) is 0 Å². The summed E-state index contributed by atoms with van der Waals surface area (Å²) in [5.74, 6) is 1.84. The van der Waals surface area contributed by atoms with E-state index in [4.69, 9.17) is 35.0 Å². The Morgan fingerprint density at radius 3 is 2.37 bits per heavy atom. The Kier molecular flexibility index (Phi) is 7.94. The Labute approximate surface area is 242 Å². The van der Waals surface area contributed by atoms with E-state index in [1.54, 1.807) is 49.5 Å². The van der Waals surface area contributed by atoms with Crippen molar-refractivity contribution >= 4 is 28.5 Å². The van der Waals surface area contributed by atoms with Gasteiger partial charge < -0.3 is 28.3 Å². The molecule has 1 aromatic heterocycles. The molecular formula is C32H30ClNO7. The monoisotopic (exact) mass is 575 g/mol. The van der Waals surface area contributed by atoms with Crippen molar-refractivity contribution in [2.24, 2.45) is 0 Å². The fraction of sp³-hybridized carbons (Fsp3) is 0.250. The molecule has 3 aromatic carbocycles. The lowest BCUT2D eigenvalue weighted by atomic mass is 9.97. The summed E-state index contributed by atoms with van der Waals surface area (Å²) in [6.45, 7) is 6.11. The van der Waals surface area contributed by atoms with Gasteiger partial charge in [-0.3, -0.25) is 9.59 Å². The first kappa shape index (κ1) is 28.1. The third-order valence-electron chi connectivity index (χ3n) is 7.20. The molecule has 212 valence electrons. The predicted octanol–water partition coefficient (Wildman–Crippen LogP) is 6.13. The van der Waals surface area contributed by atoms with E-state index < -0.39 is 6.04 Å². The lowest BCUT2D eigenvalue weighted by molar-refractivity contribution is 0.0730. The summed E-state index contributed by atoms with van der Waals surface area (Å²) in [6, 6.07) is 13.5. The first-order valence-electron chi connectivity index (χ1n) is 13.0. The topological polar surface area (TPSA) is 87.4 Å². The van der Waals surface area contributed by atoms with Crippen molar-refractivity contribution in [2.75, 3.05) is 34.5 Å². The van der Waals surface area contributed by atoms with Gasteiger partial charge in [0.1, 0.15) is 12.2 Å². The molecule has 8 nitrogen and oxygen atoms in total. The quantitative estimate of drug-likeness (QED) is 0.210. The van der Waals surface area contributed by atoms with E-state index in [0.29, 0.717) is 64.1 Å². The largest absolute Gasteiger partial charge is 0.493 e. The highest BCUT2D eigenvalue weighted by molar-refractivity contribution is 6.32. The predicted molar refractivity (Wildman–Crippen MR) is 157 cm³/mol. The van der Waals surface area contributed by atoms with E-state index in [1.165, 1.54) is 7.11 Å². The highest BCUT2D eigenvalue weighted by Crippen LogP contribution is 2.41. The van der Waals surface area contributed by atoms with Gasteiger partial charge >= 0.3 is 0 Å². The number of fused-ring (bicyclic) bond motifs is 2. The molecule has 9 heteroatoms. The van der Waals surface area contributed by atoms with E-state index in [9.17, 15) is 9.59 Å². The third kappa shape index (κ3) is 5.11. The number of nitrogens with zero attached hydrogens (tertiary/aromatic N) is 1. The minimum Gasteiger partial charge on any atom is -0.493 e. The molecule has 5 rings (SSSR count). The molecule has 0 N–H and O–H groups in total. The van der Waals surface area contributed by atoms with Crippen molar-refractivity contribution in [3.63, 3.8) is 0 Å². The van der Waals surface area contributed by atoms with Crippen LogP contribution >= 0.6 is 11.6 Å². The van der Waals surface area contributed by atoms with Gasteiger partial charge in [-0.15, -0.1) is 0 Å². The van der Waals surface area contributed by atoms with E-state index in [2.05, 4.69) is 6.58 Å². The lowest BCUT2D eigenvalue weighted by Crippen LogP contribution is -2.31. The van der Waals surface area contributed by atoms with Crippen LogP contribution in [0.15, 0.2) is 70.4 Å². The zero-order valence-corrected chi connectivity index (χ0v) is 24.0. The first-order chi connectivity index (χ1) is 19.8. The minimum atomic E-state index is -0.722. The van der Waals surface area contributed by atoms with E-state index >= 15 is 0 Å². The number of amides is 1. The number of carbonyl (C=O) groups excluding carboxylic acids is 1. The highest BCUT2D eigenvalue weighted by Gasteiger charge is 2.43. The van der Waals surface area contributed by atoms with Gasteiger partial charge in [-0.25, -0.2) is 0 Å². The van der Waals surface area contributed by atoms with Crippen LogP contribution in [0.4, 0.5) is 0 Å². The maximum Gasteiger partial charge on any atom is 0.290 e. The van der Waals surface area contributed by atoms with Crippen molar-refractivity contribution in [1.82, 2.24) is 4.90 Å². The summed E-state index contributed by atoms with van der Waals surface area (Å²) < 4.78 is 28.2. The number of aryl methyl sites for hydroxylation is 1. The number of ether oxygens (including phenoxy) is 4. The second-order valence-electron chi connectivity index (χ2n) is 9.62. The second kappa shape index (κ2) is 11.6. The number of methoxy groups -OCH3 is 3. The van der Waals surface area contributed by atoms with Gasteiger partial charge in [-0.2, -0.15) is 0 Å².